The molecule has 0 aliphatic heterocycles. The predicted molar refractivity (Wildman–Crippen MR) is 77.6 cm³/mol. The van der Waals surface area contributed by atoms with Crippen molar-refractivity contribution in [2.24, 2.45) is 5.92 Å². The van der Waals surface area contributed by atoms with Crippen molar-refractivity contribution in [1.82, 2.24) is 9.78 Å². The van der Waals surface area contributed by atoms with E-state index in [1.165, 1.54) is 25.7 Å². The fraction of sp³-hybridized carbons (Fsp3) is 0.733. The average molecular weight is 283 g/mol. The zero-order valence-electron chi connectivity index (χ0n) is 11.9. The first-order chi connectivity index (χ1) is 9.15. The van der Waals surface area contributed by atoms with Crippen LogP contribution in [0.15, 0.2) is 0 Å². The maximum atomic E-state index is 12.2. The highest BCUT2D eigenvalue weighted by atomic mass is 35.5. The van der Waals surface area contributed by atoms with Crippen molar-refractivity contribution in [3.8, 4) is 0 Å². The van der Waals surface area contributed by atoms with Crippen molar-refractivity contribution >= 4 is 17.4 Å². The van der Waals surface area contributed by atoms with Gasteiger partial charge in [0.25, 0.3) is 0 Å². The van der Waals surface area contributed by atoms with Gasteiger partial charge in [-0.1, -0.05) is 44.2 Å². The normalized spacial score (nSPS) is 16.2. The third-order valence-electron chi connectivity index (χ3n) is 4.05. The van der Waals surface area contributed by atoms with Crippen molar-refractivity contribution in [3.63, 3.8) is 0 Å². The van der Waals surface area contributed by atoms with Crippen molar-refractivity contribution in [1.29, 1.82) is 0 Å². The van der Waals surface area contributed by atoms with Crippen molar-refractivity contribution in [2.75, 3.05) is 0 Å². The van der Waals surface area contributed by atoms with Crippen LogP contribution in [0.5, 0.6) is 0 Å². The average Bonchev–Trinajstić information content (AvgIpc) is 2.99. The van der Waals surface area contributed by atoms with E-state index >= 15 is 0 Å². The number of ketones is 1. The molecule has 0 N–H and O–H groups in total. The lowest BCUT2D eigenvalue weighted by Gasteiger charge is -2.09. The van der Waals surface area contributed by atoms with E-state index < -0.39 is 0 Å². The Kier molecular flexibility index (Phi) is 5.03. The highest BCUT2D eigenvalue weighted by Gasteiger charge is 2.21. The van der Waals surface area contributed by atoms with E-state index in [4.69, 9.17) is 11.6 Å². The number of hydrogen-bond donors (Lipinski definition) is 0. The molecule has 3 nitrogen and oxygen atoms in total. The van der Waals surface area contributed by atoms with Crippen LogP contribution in [0, 0.1) is 5.92 Å². The molecule has 0 amide bonds. The predicted octanol–water partition coefficient (Wildman–Crippen LogP) is 3.81. The molecule has 1 aromatic rings. The minimum Gasteiger partial charge on any atom is -0.299 e. The van der Waals surface area contributed by atoms with Crippen LogP contribution in [0.25, 0.3) is 0 Å². The third-order valence-corrected chi connectivity index (χ3v) is 4.49. The topological polar surface area (TPSA) is 34.9 Å². The molecule has 19 heavy (non-hydrogen) atoms. The molecule has 0 atom stereocenters. The van der Waals surface area contributed by atoms with Crippen molar-refractivity contribution < 1.29 is 4.79 Å². The molecule has 1 aliphatic carbocycles. The number of aromatic nitrogens is 2. The van der Waals surface area contributed by atoms with Crippen molar-refractivity contribution in [3.05, 3.63) is 16.4 Å². The summed E-state index contributed by atoms with van der Waals surface area (Å²) in [5, 5.41) is 5.16. The van der Waals surface area contributed by atoms with E-state index in [9.17, 15) is 4.79 Å². The monoisotopic (exact) mass is 282 g/mol. The van der Waals surface area contributed by atoms with E-state index in [-0.39, 0.29) is 0 Å². The Labute approximate surface area is 120 Å². The zero-order chi connectivity index (χ0) is 13.8. The number of nitrogens with zero attached hydrogens (tertiary/aromatic N) is 2. The van der Waals surface area contributed by atoms with Crippen LogP contribution in [0.1, 0.15) is 57.3 Å². The number of halogens is 1. The second kappa shape index (κ2) is 6.56. The summed E-state index contributed by atoms with van der Waals surface area (Å²) in [6, 6.07) is 0. The summed E-state index contributed by atoms with van der Waals surface area (Å²) in [6.07, 6.45) is 6.97. The summed E-state index contributed by atoms with van der Waals surface area (Å²) in [5.41, 5.74) is 1.82. The summed E-state index contributed by atoms with van der Waals surface area (Å²) >= 11 is 6.33. The van der Waals surface area contributed by atoms with Crippen LogP contribution in [-0.4, -0.2) is 15.6 Å². The summed E-state index contributed by atoms with van der Waals surface area (Å²) in [6.45, 7) is 4.85. The molecule has 2 rings (SSSR count). The largest absolute Gasteiger partial charge is 0.299 e. The standard InChI is InChI=1S/C15H23ClN2O/c1-3-13-15(16)14(18(4-2)17-13)10-12(19)9-11-7-5-6-8-11/h11H,3-10H2,1-2H3. The molecule has 0 aromatic carbocycles. The summed E-state index contributed by atoms with van der Waals surface area (Å²) in [5.74, 6) is 0.918. The van der Waals surface area contributed by atoms with E-state index in [0.29, 0.717) is 29.6 Å². The van der Waals surface area contributed by atoms with Gasteiger partial charge in [0.05, 0.1) is 16.4 Å². The molecule has 106 valence electrons. The van der Waals surface area contributed by atoms with Crippen LogP contribution in [0.4, 0.5) is 0 Å². The van der Waals surface area contributed by atoms with Crippen LogP contribution in [0.3, 0.4) is 0 Å². The van der Waals surface area contributed by atoms with Gasteiger partial charge in [-0.05, 0) is 19.3 Å². The van der Waals surface area contributed by atoms with Gasteiger partial charge in [-0.25, -0.2) is 0 Å². The zero-order valence-corrected chi connectivity index (χ0v) is 12.7. The van der Waals surface area contributed by atoms with Gasteiger partial charge in [0, 0.05) is 19.4 Å². The van der Waals surface area contributed by atoms with E-state index in [2.05, 4.69) is 5.10 Å². The van der Waals surface area contributed by atoms with Gasteiger partial charge in [-0.15, -0.1) is 0 Å². The van der Waals surface area contributed by atoms with Crippen molar-refractivity contribution in [2.45, 2.75) is 65.3 Å². The second-order valence-corrected chi connectivity index (χ2v) is 5.82. The number of rotatable bonds is 6. The lowest BCUT2D eigenvalue weighted by atomic mass is 9.98. The third kappa shape index (κ3) is 3.38. The first kappa shape index (κ1) is 14.6. The molecule has 0 saturated heterocycles. The van der Waals surface area contributed by atoms with Gasteiger partial charge in [0.1, 0.15) is 5.78 Å². The number of carbonyl (C=O) groups is 1. The van der Waals surface area contributed by atoms with Crippen LogP contribution in [0.2, 0.25) is 5.02 Å². The Morgan fingerprint density at radius 2 is 2.05 bits per heavy atom. The van der Waals surface area contributed by atoms with Gasteiger partial charge in [-0.3, -0.25) is 9.48 Å². The maximum absolute atomic E-state index is 12.2. The fourth-order valence-corrected chi connectivity index (χ4v) is 3.32. The number of aryl methyl sites for hydroxylation is 2. The molecule has 4 heteroatoms. The Morgan fingerprint density at radius 1 is 1.37 bits per heavy atom. The Hall–Kier alpha value is -0.830. The number of hydrogen-bond acceptors (Lipinski definition) is 2. The molecule has 1 fully saturated rings. The highest BCUT2D eigenvalue weighted by Crippen LogP contribution is 2.29. The quantitative estimate of drug-likeness (QED) is 0.795. The number of Topliss-reactive ketones (excluding diaryl/α,β-unsaturated/α-hetero) is 1. The molecule has 0 unspecified atom stereocenters. The summed E-state index contributed by atoms with van der Waals surface area (Å²) < 4.78 is 1.88. The first-order valence-corrected chi connectivity index (χ1v) is 7.79. The number of carbonyl (C=O) groups excluding carboxylic acids is 1. The molecule has 0 radical (unpaired) electrons. The van der Waals surface area contributed by atoms with Crippen LogP contribution in [-0.2, 0) is 24.2 Å². The molecule has 1 heterocycles. The first-order valence-electron chi connectivity index (χ1n) is 7.41. The lowest BCUT2D eigenvalue weighted by molar-refractivity contribution is -0.119. The molecule has 1 aromatic heterocycles. The maximum Gasteiger partial charge on any atom is 0.139 e. The SMILES string of the molecule is CCc1nn(CC)c(CC(=O)CC2CCCC2)c1Cl. The molecule has 0 spiro atoms. The molecular weight excluding hydrogens is 260 g/mol. The van der Waals surface area contributed by atoms with Gasteiger partial charge >= 0.3 is 0 Å². The van der Waals surface area contributed by atoms with Crippen LogP contribution >= 0.6 is 11.6 Å². The molecule has 0 bridgehead atoms. The Bertz CT molecular complexity index is 447. The van der Waals surface area contributed by atoms with Gasteiger partial charge < -0.3 is 0 Å². The Balaban J connectivity index is 2.04. The Morgan fingerprint density at radius 3 is 2.63 bits per heavy atom. The minimum atomic E-state index is 0.311. The fourth-order valence-electron chi connectivity index (χ4n) is 2.98. The summed E-state index contributed by atoms with van der Waals surface area (Å²) in [7, 11) is 0. The minimum absolute atomic E-state index is 0.311. The smallest absolute Gasteiger partial charge is 0.139 e. The highest BCUT2D eigenvalue weighted by molar-refractivity contribution is 6.32. The summed E-state index contributed by atoms with van der Waals surface area (Å²) in [4.78, 5) is 12.2. The second-order valence-electron chi connectivity index (χ2n) is 5.45. The van der Waals surface area contributed by atoms with Gasteiger partial charge in [-0.2, -0.15) is 5.10 Å². The van der Waals surface area contributed by atoms with Gasteiger partial charge in [0.15, 0.2) is 0 Å². The van der Waals surface area contributed by atoms with E-state index in [1.807, 2.05) is 18.5 Å². The van der Waals surface area contributed by atoms with E-state index in [1.54, 1.807) is 0 Å². The van der Waals surface area contributed by atoms with Gasteiger partial charge in [0.2, 0.25) is 0 Å². The molecule has 1 saturated carbocycles. The molecule has 1 aliphatic rings. The molecular formula is C15H23ClN2O. The van der Waals surface area contributed by atoms with E-state index in [0.717, 1.165) is 24.4 Å². The lowest BCUT2D eigenvalue weighted by Crippen LogP contribution is -2.12. The van der Waals surface area contributed by atoms with Crippen LogP contribution < -0.4 is 0 Å².